The minimum absolute atomic E-state index is 0.149. The predicted molar refractivity (Wildman–Crippen MR) is 89.6 cm³/mol. The second kappa shape index (κ2) is 7.40. The second-order valence-electron chi connectivity index (χ2n) is 5.17. The van der Waals surface area contributed by atoms with Gasteiger partial charge in [-0.2, -0.15) is 0 Å². The van der Waals surface area contributed by atoms with Crippen molar-refractivity contribution in [3.05, 3.63) is 54.1 Å². The summed E-state index contributed by atoms with van der Waals surface area (Å²) < 4.78 is 15.6. The number of carbonyl (C=O) groups excluding carboxylic acids is 2. The summed E-state index contributed by atoms with van der Waals surface area (Å²) in [6, 6.07) is 14.5. The van der Waals surface area contributed by atoms with E-state index in [9.17, 15) is 9.59 Å². The Balaban J connectivity index is 1.53. The number of rotatable bonds is 6. The minimum Gasteiger partial charge on any atom is -0.456 e. The first-order valence-electron chi connectivity index (χ1n) is 7.44. The predicted octanol–water partition coefficient (Wildman–Crippen LogP) is 3.32. The Hall–Kier alpha value is -2.47. The molecule has 1 aliphatic rings. The quantitative estimate of drug-likeness (QED) is 0.455. The number of thioether (sulfide) groups is 1. The fourth-order valence-corrected chi connectivity index (χ4v) is 3.05. The maximum atomic E-state index is 12.1. The van der Waals surface area contributed by atoms with Gasteiger partial charge in [0.25, 0.3) is 0 Å². The molecule has 0 bridgehead atoms. The van der Waals surface area contributed by atoms with Gasteiger partial charge in [-0.25, -0.2) is 0 Å². The van der Waals surface area contributed by atoms with Crippen molar-refractivity contribution >= 4 is 23.5 Å². The van der Waals surface area contributed by atoms with E-state index >= 15 is 0 Å². The number of hydrogen-bond acceptors (Lipinski definition) is 6. The standard InChI is InChI=1S/C18H16O5S/c1-12(24-14-5-3-2-4-6-14)18(20)21-10-15(19)13-7-8-16-17(9-13)23-11-22-16/h2-9,12H,10-11H2,1H3/t12-/m0/s1. The number of carbonyl (C=O) groups is 2. The van der Waals surface area contributed by atoms with Crippen molar-refractivity contribution in [3.63, 3.8) is 0 Å². The van der Waals surface area contributed by atoms with Gasteiger partial charge in [-0.15, -0.1) is 11.8 Å². The number of hydrogen-bond donors (Lipinski definition) is 0. The van der Waals surface area contributed by atoms with E-state index in [4.69, 9.17) is 14.2 Å². The van der Waals surface area contributed by atoms with Crippen LogP contribution in [0, 0.1) is 0 Å². The van der Waals surface area contributed by atoms with E-state index in [1.54, 1.807) is 25.1 Å². The van der Waals surface area contributed by atoms with E-state index in [2.05, 4.69) is 0 Å². The summed E-state index contributed by atoms with van der Waals surface area (Å²) in [5.74, 6) is 0.438. The van der Waals surface area contributed by atoms with Crippen molar-refractivity contribution in [1.82, 2.24) is 0 Å². The van der Waals surface area contributed by atoms with Crippen LogP contribution in [-0.2, 0) is 9.53 Å². The summed E-state index contributed by atoms with van der Waals surface area (Å²) >= 11 is 1.39. The van der Waals surface area contributed by atoms with Crippen molar-refractivity contribution in [2.24, 2.45) is 0 Å². The molecule has 0 unspecified atom stereocenters. The first kappa shape index (κ1) is 16.4. The van der Waals surface area contributed by atoms with E-state index in [1.807, 2.05) is 30.3 Å². The molecule has 2 aromatic carbocycles. The first-order valence-corrected chi connectivity index (χ1v) is 8.32. The van der Waals surface area contributed by atoms with E-state index in [-0.39, 0.29) is 19.2 Å². The SMILES string of the molecule is C[C@H](Sc1ccccc1)C(=O)OCC(=O)c1ccc2c(c1)OCO2. The lowest BCUT2D eigenvalue weighted by Gasteiger charge is -2.11. The highest BCUT2D eigenvalue weighted by Crippen LogP contribution is 2.32. The molecule has 0 N–H and O–H groups in total. The molecule has 0 aromatic heterocycles. The summed E-state index contributed by atoms with van der Waals surface area (Å²) in [7, 11) is 0. The van der Waals surface area contributed by atoms with Crippen LogP contribution in [0.25, 0.3) is 0 Å². The second-order valence-corrected chi connectivity index (χ2v) is 6.59. The van der Waals surface area contributed by atoms with Gasteiger partial charge in [-0.3, -0.25) is 9.59 Å². The zero-order valence-corrected chi connectivity index (χ0v) is 13.9. The fourth-order valence-electron chi connectivity index (χ4n) is 2.16. The van der Waals surface area contributed by atoms with Gasteiger partial charge in [0.1, 0.15) is 5.25 Å². The molecule has 0 amide bonds. The Kier molecular flexibility index (Phi) is 5.05. The molecule has 0 saturated carbocycles. The van der Waals surface area contributed by atoms with E-state index < -0.39 is 11.2 Å². The van der Waals surface area contributed by atoms with Crippen LogP contribution in [0.4, 0.5) is 0 Å². The van der Waals surface area contributed by atoms with Gasteiger partial charge in [-0.05, 0) is 37.3 Å². The molecule has 1 heterocycles. The Labute approximate surface area is 143 Å². The molecule has 3 rings (SSSR count). The normalized spacial score (nSPS) is 13.4. The monoisotopic (exact) mass is 344 g/mol. The van der Waals surface area contributed by atoms with Crippen molar-refractivity contribution in [2.45, 2.75) is 17.1 Å². The van der Waals surface area contributed by atoms with Crippen molar-refractivity contribution in [1.29, 1.82) is 0 Å². The van der Waals surface area contributed by atoms with Crippen molar-refractivity contribution < 1.29 is 23.8 Å². The number of ketones is 1. The van der Waals surface area contributed by atoms with Gasteiger partial charge in [0.05, 0.1) is 0 Å². The Morgan fingerprint density at radius 3 is 2.67 bits per heavy atom. The summed E-state index contributed by atoms with van der Waals surface area (Å²) in [6.07, 6.45) is 0. The smallest absolute Gasteiger partial charge is 0.319 e. The van der Waals surface area contributed by atoms with Crippen LogP contribution >= 0.6 is 11.8 Å². The van der Waals surface area contributed by atoms with Crippen molar-refractivity contribution in [3.8, 4) is 11.5 Å². The molecule has 24 heavy (non-hydrogen) atoms. The van der Waals surface area contributed by atoms with E-state index in [0.29, 0.717) is 17.1 Å². The van der Waals surface area contributed by atoms with E-state index in [0.717, 1.165) is 4.90 Å². The molecule has 0 radical (unpaired) electrons. The van der Waals surface area contributed by atoms with Crippen LogP contribution < -0.4 is 9.47 Å². The maximum Gasteiger partial charge on any atom is 0.319 e. The van der Waals surface area contributed by atoms with Gasteiger partial charge in [0, 0.05) is 10.5 Å². The molecule has 0 fully saturated rings. The summed E-state index contributed by atoms with van der Waals surface area (Å²) in [5.41, 5.74) is 0.426. The highest BCUT2D eigenvalue weighted by molar-refractivity contribution is 8.00. The highest BCUT2D eigenvalue weighted by Gasteiger charge is 2.20. The molecule has 5 nitrogen and oxygen atoms in total. The third kappa shape index (κ3) is 3.89. The summed E-state index contributed by atoms with van der Waals surface area (Å²) in [4.78, 5) is 25.2. The topological polar surface area (TPSA) is 61.8 Å². The van der Waals surface area contributed by atoms with Crippen LogP contribution in [0.3, 0.4) is 0 Å². The van der Waals surface area contributed by atoms with Gasteiger partial charge >= 0.3 is 5.97 Å². The molecular weight excluding hydrogens is 328 g/mol. The molecule has 0 aliphatic carbocycles. The van der Waals surface area contributed by atoms with Crippen LogP contribution in [0.2, 0.25) is 0 Å². The molecule has 1 atom stereocenters. The molecule has 6 heteroatoms. The van der Waals surface area contributed by atoms with Gasteiger partial charge in [0.2, 0.25) is 6.79 Å². The van der Waals surface area contributed by atoms with Gasteiger partial charge in [0.15, 0.2) is 23.9 Å². The van der Waals surface area contributed by atoms with Crippen LogP contribution in [0.15, 0.2) is 53.4 Å². The zero-order chi connectivity index (χ0) is 16.9. The Morgan fingerprint density at radius 1 is 1.12 bits per heavy atom. The van der Waals surface area contributed by atoms with Gasteiger partial charge in [-0.1, -0.05) is 18.2 Å². The maximum absolute atomic E-state index is 12.1. The third-order valence-corrected chi connectivity index (χ3v) is 4.52. The molecule has 1 aliphatic heterocycles. The lowest BCUT2D eigenvalue weighted by molar-refractivity contribution is -0.141. The molecule has 0 spiro atoms. The Bertz CT molecular complexity index is 744. The number of fused-ring (bicyclic) bond motifs is 1. The van der Waals surface area contributed by atoms with Gasteiger partial charge < -0.3 is 14.2 Å². The van der Waals surface area contributed by atoms with Crippen LogP contribution in [-0.4, -0.2) is 30.4 Å². The number of Topliss-reactive ketones (excluding diaryl/α,β-unsaturated/α-hetero) is 1. The average Bonchev–Trinajstić information content (AvgIpc) is 3.07. The fraction of sp³-hybridized carbons (Fsp3) is 0.222. The largest absolute Gasteiger partial charge is 0.456 e. The summed E-state index contributed by atoms with van der Waals surface area (Å²) in [5, 5.41) is -0.392. The Morgan fingerprint density at radius 2 is 1.88 bits per heavy atom. The lowest BCUT2D eigenvalue weighted by atomic mass is 10.1. The van der Waals surface area contributed by atoms with Crippen LogP contribution in [0.1, 0.15) is 17.3 Å². The number of benzene rings is 2. The van der Waals surface area contributed by atoms with Crippen LogP contribution in [0.5, 0.6) is 11.5 Å². The molecule has 0 saturated heterocycles. The number of esters is 1. The lowest BCUT2D eigenvalue weighted by Crippen LogP contribution is -2.21. The summed E-state index contributed by atoms with van der Waals surface area (Å²) in [6.45, 7) is 1.61. The highest BCUT2D eigenvalue weighted by atomic mass is 32.2. The molecule has 124 valence electrons. The zero-order valence-electron chi connectivity index (χ0n) is 13.1. The van der Waals surface area contributed by atoms with E-state index in [1.165, 1.54) is 11.8 Å². The van der Waals surface area contributed by atoms with Crippen molar-refractivity contribution in [2.75, 3.05) is 13.4 Å². The first-order chi connectivity index (χ1) is 11.6. The molecule has 2 aromatic rings. The number of ether oxygens (including phenoxy) is 3. The average molecular weight is 344 g/mol. The third-order valence-electron chi connectivity index (χ3n) is 3.43. The minimum atomic E-state index is -0.419. The molecular formula is C18H16O5S.